The molecular weight excluding hydrogens is 522 g/mol. The van der Waals surface area contributed by atoms with Crippen LogP contribution >= 0.6 is 0 Å². The number of carbonyl (C=O) groups excluding carboxylic acids is 1. The summed E-state index contributed by atoms with van der Waals surface area (Å²) in [6.07, 6.45) is 1.54. The minimum Gasteiger partial charge on any atom is -0.480 e. The molecule has 198 valence electrons. The van der Waals surface area contributed by atoms with Gasteiger partial charge in [0.1, 0.15) is 6.04 Å². The number of aromatic amines is 2. The third-order valence-corrected chi connectivity index (χ3v) is 7.28. The monoisotopic (exact) mass is 545 g/mol. The molecule has 0 fully saturated rings. The maximum Gasteiger partial charge on any atom is 0.323 e. The number of amides is 1. The molecule has 0 aliphatic heterocycles. The third kappa shape index (κ3) is 5.79. The molecule has 0 aliphatic rings. The van der Waals surface area contributed by atoms with E-state index in [4.69, 9.17) is 0 Å². The first kappa shape index (κ1) is 25.6. The Balaban J connectivity index is 1.29. The summed E-state index contributed by atoms with van der Waals surface area (Å²) < 4.78 is 27.2. The van der Waals surface area contributed by atoms with E-state index in [0.29, 0.717) is 22.8 Å². The summed E-state index contributed by atoms with van der Waals surface area (Å²) in [4.78, 5) is 32.3. The second-order valence-electron chi connectivity index (χ2n) is 8.49. The second kappa shape index (κ2) is 10.8. The Morgan fingerprint density at radius 3 is 2.51 bits per heavy atom. The Kier molecular flexibility index (Phi) is 7.08. The van der Waals surface area contributed by atoms with E-state index in [9.17, 15) is 23.1 Å². The number of nitrogens with one attached hydrogen (secondary N) is 5. The van der Waals surface area contributed by atoms with Crippen molar-refractivity contribution >= 4 is 44.6 Å². The van der Waals surface area contributed by atoms with Gasteiger partial charge in [0.05, 0.1) is 15.9 Å². The van der Waals surface area contributed by atoms with Crippen LogP contribution in [0.2, 0.25) is 0 Å². The number of aliphatic carboxylic acids is 1. The molecule has 0 radical (unpaired) electrons. The van der Waals surface area contributed by atoms with Gasteiger partial charge >= 0.3 is 5.97 Å². The number of para-hydroxylation sites is 2. The summed E-state index contributed by atoms with van der Waals surface area (Å²) in [7, 11) is -4.12. The molecule has 2 heterocycles. The Labute approximate surface area is 222 Å². The number of benzene rings is 3. The molecule has 5 aromatic rings. The van der Waals surface area contributed by atoms with Crippen molar-refractivity contribution in [1.29, 1.82) is 0 Å². The molecular formula is C26H23N7O5S. The second-order valence-corrected chi connectivity index (χ2v) is 10.2. The Morgan fingerprint density at radius 1 is 0.974 bits per heavy atom. The van der Waals surface area contributed by atoms with Gasteiger partial charge in [-0.25, -0.2) is 13.4 Å². The van der Waals surface area contributed by atoms with Crippen molar-refractivity contribution in [1.82, 2.24) is 30.2 Å². The highest BCUT2D eigenvalue weighted by molar-refractivity contribution is 7.89. The fraction of sp³-hybridized carbons (Fsp3) is 0.0769. The lowest BCUT2D eigenvalue weighted by molar-refractivity contribution is -0.138. The van der Waals surface area contributed by atoms with E-state index in [1.807, 2.05) is 36.4 Å². The fourth-order valence-electron chi connectivity index (χ4n) is 3.91. The number of carboxylic acid groups (broad SMARTS) is 1. The third-order valence-electron chi connectivity index (χ3n) is 5.80. The predicted molar refractivity (Wildman–Crippen MR) is 144 cm³/mol. The topological polar surface area (TPSA) is 182 Å². The van der Waals surface area contributed by atoms with Gasteiger partial charge < -0.3 is 20.7 Å². The highest BCUT2D eigenvalue weighted by Crippen LogP contribution is 2.26. The lowest BCUT2D eigenvalue weighted by atomic mass is 10.1. The first-order valence-electron chi connectivity index (χ1n) is 11.7. The van der Waals surface area contributed by atoms with Crippen LogP contribution in [0.15, 0.2) is 90.0 Å². The van der Waals surface area contributed by atoms with Gasteiger partial charge in [-0.15, -0.1) is 0 Å². The van der Waals surface area contributed by atoms with Crippen LogP contribution in [0.25, 0.3) is 22.2 Å². The van der Waals surface area contributed by atoms with Crippen molar-refractivity contribution in [3.63, 3.8) is 0 Å². The number of fused-ring (bicyclic) bond motifs is 1. The van der Waals surface area contributed by atoms with Gasteiger partial charge in [-0.2, -0.15) is 9.82 Å². The zero-order valence-corrected chi connectivity index (χ0v) is 21.1. The van der Waals surface area contributed by atoms with Gasteiger partial charge in [-0.05, 0) is 42.0 Å². The SMILES string of the molecule is O=C(NC[C@H](NS(=O)(=O)c1ccccc1)C(=O)O)c1n[nH]cc1-c1cccc(Nc2nc3ccccc3[nH]2)c1. The van der Waals surface area contributed by atoms with Crippen LogP contribution in [-0.2, 0) is 14.8 Å². The van der Waals surface area contributed by atoms with Gasteiger partial charge in [0.2, 0.25) is 16.0 Å². The summed E-state index contributed by atoms with van der Waals surface area (Å²) in [5, 5.41) is 21.9. The number of H-pyrrole nitrogens is 2. The number of aromatic nitrogens is 4. The molecule has 0 saturated heterocycles. The molecule has 0 bridgehead atoms. The maximum atomic E-state index is 12.9. The van der Waals surface area contributed by atoms with Crippen molar-refractivity contribution in [3.8, 4) is 11.1 Å². The van der Waals surface area contributed by atoms with Crippen molar-refractivity contribution < 1.29 is 23.1 Å². The predicted octanol–water partition coefficient (Wildman–Crippen LogP) is 2.86. The lowest BCUT2D eigenvalue weighted by Gasteiger charge is -2.15. The molecule has 6 N–H and O–H groups in total. The number of hydrogen-bond donors (Lipinski definition) is 6. The smallest absolute Gasteiger partial charge is 0.323 e. The van der Waals surface area contributed by atoms with Crippen LogP contribution in [0.3, 0.4) is 0 Å². The molecule has 0 spiro atoms. The number of carbonyl (C=O) groups is 2. The molecule has 2 aromatic heterocycles. The van der Waals surface area contributed by atoms with E-state index in [1.54, 1.807) is 24.4 Å². The Morgan fingerprint density at radius 2 is 1.74 bits per heavy atom. The molecule has 1 amide bonds. The van der Waals surface area contributed by atoms with E-state index < -0.39 is 34.5 Å². The van der Waals surface area contributed by atoms with Crippen LogP contribution in [0.1, 0.15) is 10.5 Å². The first-order valence-corrected chi connectivity index (χ1v) is 13.2. The molecule has 0 saturated carbocycles. The number of hydrogen-bond acceptors (Lipinski definition) is 7. The zero-order chi connectivity index (χ0) is 27.4. The lowest BCUT2D eigenvalue weighted by Crippen LogP contribution is -2.48. The normalized spacial score (nSPS) is 12.2. The van der Waals surface area contributed by atoms with Crippen LogP contribution < -0.4 is 15.4 Å². The van der Waals surface area contributed by atoms with Gasteiger partial charge in [-0.3, -0.25) is 14.7 Å². The van der Waals surface area contributed by atoms with E-state index >= 15 is 0 Å². The van der Waals surface area contributed by atoms with Gasteiger partial charge in [0, 0.05) is 24.0 Å². The summed E-state index contributed by atoms with van der Waals surface area (Å²) in [5.74, 6) is -1.57. The Bertz CT molecular complexity index is 1720. The van der Waals surface area contributed by atoms with Crippen molar-refractivity contribution in [2.75, 3.05) is 11.9 Å². The van der Waals surface area contributed by atoms with Crippen molar-refractivity contribution in [2.24, 2.45) is 0 Å². The van der Waals surface area contributed by atoms with Crippen molar-refractivity contribution in [3.05, 3.63) is 90.8 Å². The standard InChI is InChI=1S/C26H23N7O5S/c34-24(27-15-22(25(35)36)33-39(37,38)18-9-2-1-3-10-18)23-19(14-28-32-23)16-7-6-8-17(13-16)29-26-30-20-11-4-5-12-21(20)31-26/h1-14,22,33H,15H2,(H,27,34)(H,28,32)(H,35,36)(H2,29,30,31)/t22-/m0/s1. The summed E-state index contributed by atoms with van der Waals surface area (Å²) >= 11 is 0. The van der Waals surface area contributed by atoms with Crippen LogP contribution in [0.5, 0.6) is 0 Å². The van der Waals surface area contributed by atoms with E-state index in [0.717, 1.165) is 11.0 Å². The number of rotatable bonds is 10. The van der Waals surface area contributed by atoms with E-state index in [-0.39, 0.29) is 10.6 Å². The highest BCUT2D eigenvalue weighted by Gasteiger charge is 2.27. The number of carboxylic acids is 1. The first-order chi connectivity index (χ1) is 18.8. The van der Waals surface area contributed by atoms with Gasteiger partial charge in [0.15, 0.2) is 5.69 Å². The molecule has 12 nitrogen and oxygen atoms in total. The zero-order valence-electron chi connectivity index (χ0n) is 20.3. The number of nitrogens with zero attached hydrogens (tertiary/aromatic N) is 2. The summed E-state index contributed by atoms with van der Waals surface area (Å²) in [5.41, 5.74) is 3.56. The van der Waals surface area contributed by atoms with Crippen LogP contribution in [0.4, 0.5) is 11.6 Å². The number of anilines is 2. The molecule has 13 heteroatoms. The molecule has 0 aliphatic carbocycles. The Hall–Kier alpha value is -5.01. The molecule has 39 heavy (non-hydrogen) atoms. The van der Waals surface area contributed by atoms with E-state index in [1.165, 1.54) is 24.3 Å². The van der Waals surface area contributed by atoms with Crippen molar-refractivity contribution in [2.45, 2.75) is 10.9 Å². The molecule has 5 rings (SSSR count). The maximum absolute atomic E-state index is 12.9. The van der Waals surface area contributed by atoms with Gasteiger partial charge in [0.25, 0.3) is 5.91 Å². The largest absolute Gasteiger partial charge is 0.480 e. The molecule has 0 unspecified atom stereocenters. The summed E-state index contributed by atoms with van der Waals surface area (Å²) in [6, 6.07) is 20.6. The highest BCUT2D eigenvalue weighted by atomic mass is 32.2. The minimum absolute atomic E-state index is 0.0194. The average molecular weight is 546 g/mol. The average Bonchev–Trinajstić information content (AvgIpc) is 3.58. The number of sulfonamides is 1. The van der Waals surface area contributed by atoms with E-state index in [2.05, 4.69) is 35.5 Å². The molecule has 1 atom stereocenters. The quantitative estimate of drug-likeness (QED) is 0.155. The van der Waals surface area contributed by atoms with Gasteiger partial charge in [-0.1, -0.05) is 42.5 Å². The van der Waals surface area contributed by atoms with Crippen LogP contribution in [-0.4, -0.2) is 58.2 Å². The molecule has 3 aromatic carbocycles. The minimum atomic E-state index is -4.12. The van der Waals surface area contributed by atoms with Crippen LogP contribution in [0, 0.1) is 0 Å². The fourth-order valence-corrected chi connectivity index (χ4v) is 5.12. The summed E-state index contributed by atoms with van der Waals surface area (Å²) in [6.45, 7) is -0.500. The number of imidazole rings is 1.